The molecule has 2 aromatic heterocycles. The third kappa shape index (κ3) is 4.26. The zero-order valence-corrected chi connectivity index (χ0v) is 21.3. The summed E-state index contributed by atoms with van der Waals surface area (Å²) in [6.07, 6.45) is 6.47. The highest BCUT2D eigenvalue weighted by Gasteiger charge is 2.17. The number of benzene rings is 3. The van der Waals surface area contributed by atoms with Crippen molar-refractivity contribution < 1.29 is 0 Å². The Labute approximate surface area is 215 Å². The number of rotatable bonds is 8. The Hall–Kier alpha value is -4.00. The van der Waals surface area contributed by atoms with E-state index < -0.39 is 0 Å². The lowest BCUT2D eigenvalue weighted by Gasteiger charge is -2.17. The third-order valence-electron chi connectivity index (χ3n) is 7.06. The van der Waals surface area contributed by atoms with E-state index in [-0.39, 0.29) is 5.57 Å². The van der Waals surface area contributed by atoms with Gasteiger partial charge in [0.2, 0.25) is 0 Å². The van der Waals surface area contributed by atoms with Crippen molar-refractivity contribution in [3.63, 3.8) is 0 Å². The van der Waals surface area contributed by atoms with Gasteiger partial charge >= 0.3 is 0 Å². The maximum Gasteiger partial charge on any atom is 0.130 e. The molecule has 0 aliphatic heterocycles. The maximum atomic E-state index is 9.18. The molecule has 5 aromatic rings. The average molecular weight is 490 g/mol. The van der Waals surface area contributed by atoms with Crippen LogP contribution in [0.1, 0.15) is 45.1 Å². The standard InChI is InChI=1S/C30H27N5S/c1-3-5-8-20(4-2)19-35-27-10-7-6-9-25(27)26-14-11-22(16-28(26)35)24-13-12-23(15-21(17-31)18-32)29-30(24)34-36-33-29/h6-7,9-16,20H,3-5,8,19H2,1-2H3. The Balaban J connectivity index is 1.66. The van der Waals surface area contributed by atoms with Gasteiger partial charge in [-0.15, -0.1) is 0 Å². The summed E-state index contributed by atoms with van der Waals surface area (Å²) in [7, 11) is 0. The molecule has 6 heteroatoms. The molecular formula is C30H27N5S. The lowest BCUT2D eigenvalue weighted by Crippen LogP contribution is -2.10. The van der Waals surface area contributed by atoms with Crippen molar-refractivity contribution in [2.75, 3.05) is 0 Å². The molecule has 2 heterocycles. The van der Waals surface area contributed by atoms with Crippen LogP contribution in [0.5, 0.6) is 0 Å². The van der Waals surface area contributed by atoms with E-state index in [4.69, 9.17) is 0 Å². The molecule has 0 aliphatic carbocycles. The van der Waals surface area contributed by atoms with Crippen LogP contribution in [0, 0.1) is 28.6 Å². The fraction of sp³-hybridized carbons (Fsp3) is 0.267. The van der Waals surface area contributed by atoms with Crippen LogP contribution in [0.15, 0.2) is 60.2 Å². The zero-order chi connectivity index (χ0) is 25.1. The number of aromatic nitrogens is 3. The van der Waals surface area contributed by atoms with Gasteiger partial charge < -0.3 is 4.57 Å². The van der Waals surface area contributed by atoms with Crippen molar-refractivity contribution in [1.82, 2.24) is 13.3 Å². The predicted octanol–water partition coefficient (Wildman–Crippen LogP) is 8.11. The van der Waals surface area contributed by atoms with Gasteiger partial charge in [0, 0.05) is 39.5 Å². The van der Waals surface area contributed by atoms with Crippen molar-refractivity contribution in [3.8, 4) is 23.3 Å². The number of unbranched alkanes of at least 4 members (excludes halogenated alkanes) is 1. The molecule has 5 rings (SSSR count). The Morgan fingerprint density at radius 2 is 1.75 bits per heavy atom. The molecule has 0 saturated heterocycles. The van der Waals surface area contributed by atoms with Crippen molar-refractivity contribution in [1.29, 1.82) is 10.5 Å². The second-order valence-electron chi connectivity index (χ2n) is 9.22. The lowest BCUT2D eigenvalue weighted by molar-refractivity contribution is 0.401. The van der Waals surface area contributed by atoms with Gasteiger partial charge in [-0.05, 0) is 36.1 Å². The summed E-state index contributed by atoms with van der Waals surface area (Å²) >= 11 is 1.15. The minimum atomic E-state index is 0.0524. The molecule has 0 spiro atoms. The van der Waals surface area contributed by atoms with Crippen molar-refractivity contribution >= 4 is 50.6 Å². The van der Waals surface area contributed by atoms with E-state index in [9.17, 15) is 10.5 Å². The van der Waals surface area contributed by atoms with Gasteiger partial charge in [-0.25, -0.2) is 0 Å². The fourth-order valence-electron chi connectivity index (χ4n) is 5.07. The highest BCUT2D eigenvalue weighted by atomic mass is 32.1. The molecule has 0 saturated carbocycles. The molecule has 5 nitrogen and oxygen atoms in total. The quantitative estimate of drug-likeness (QED) is 0.206. The van der Waals surface area contributed by atoms with Crippen LogP contribution >= 0.6 is 11.7 Å². The summed E-state index contributed by atoms with van der Waals surface area (Å²) in [4.78, 5) is 0. The first-order valence-corrected chi connectivity index (χ1v) is 13.2. The van der Waals surface area contributed by atoms with Crippen LogP contribution in [-0.4, -0.2) is 13.3 Å². The Bertz CT molecular complexity index is 1660. The van der Waals surface area contributed by atoms with Crippen molar-refractivity contribution in [2.45, 2.75) is 46.1 Å². The van der Waals surface area contributed by atoms with Gasteiger partial charge in [0.05, 0.1) is 11.7 Å². The molecule has 1 unspecified atom stereocenters. The summed E-state index contributed by atoms with van der Waals surface area (Å²) in [5.74, 6) is 0.641. The first-order chi connectivity index (χ1) is 17.7. The number of hydrogen-bond donors (Lipinski definition) is 0. The number of fused-ring (bicyclic) bond motifs is 4. The predicted molar refractivity (Wildman–Crippen MR) is 148 cm³/mol. The average Bonchev–Trinajstić information content (AvgIpc) is 3.53. The molecule has 3 aromatic carbocycles. The van der Waals surface area contributed by atoms with Crippen LogP contribution in [0.2, 0.25) is 0 Å². The number of allylic oxidation sites excluding steroid dienone is 1. The molecule has 36 heavy (non-hydrogen) atoms. The van der Waals surface area contributed by atoms with E-state index in [0.717, 1.165) is 40.5 Å². The second kappa shape index (κ2) is 10.3. The first kappa shape index (κ1) is 23.7. The van der Waals surface area contributed by atoms with E-state index in [0.29, 0.717) is 11.4 Å². The highest BCUT2D eigenvalue weighted by Crippen LogP contribution is 2.36. The Morgan fingerprint density at radius 1 is 0.972 bits per heavy atom. The molecule has 1 atom stereocenters. The monoisotopic (exact) mass is 489 g/mol. The largest absolute Gasteiger partial charge is 0.340 e. The molecule has 0 bridgehead atoms. The summed E-state index contributed by atoms with van der Waals surface area (Å²) in [5, 5.41) is 20.9. The molecule has 0 amide bonds. The molecule has 0 N–H and O–H groups in total. The Morgan fingerprint density at radius 3 is 2.53 bits per heavy atom. The van der Waals surface area contributed by atoms with E-state index in [1.165, 1.54) is 47.5 Å². The molecule has 0 fully saturated rings. The van der Waals surface area contributed by atoms with Gasteiger partial charge in [0.25, 0.3) is 0 Å². The number of para-hydroxylation sites is 1. The van der Waals surface area contributed by atoms with Crippen LogP contribution in [0.25, 0.3) is 50.0 Å². The summed E-state index contributed by atoms with van der Waals surface area (Å²) in [6.45, 7) is 5.56. The smallest absolute Gasteiger partial charge is 0.130 e. The molecule has 0 aliphatic rings. The lowest BCUT2D eigenvalue weighted by atomic mass is 9.98. The number of nitriles is 2. The topological polar surface area (TPSA) is 78.3 Å². The van der Waals surface area contributed by atoms with Crippen molar-refractivity contribution in [3.05, 3.63) is 65.7 Å². The van der Waals surface area contributed by atoms with Gasteiger partial charge in [-0.2, -0.15) is 19.3 Å². The second-order valence-corrected chi connectivity index (χ2v) is 9.75. The number of nitrogens with zero attached hydrogens (tertiary/aromatic N) is 5. The van der Waals surface area contributed by atoms with E-state index in [1.807, 2.05) is 24.3 Å². The normalized spacial score (nSPS) is 12.0. The molecule has 178 valence electrons. The van der Waals surface area contributed by atoms with E-state index >= 15 is 0 Å². The SMILES string of the molecule is CCCCC(CC)Cn1c2ccccc2c2ccc(-c3ccc(C=C(C#N)C#N)c4nsnc34)cc21. The minimum Gasteiger partial charge on any atom is -0.340 e. The maximum absolute atomic E-state index is 9.18. The summed E-state index contributed by atoms with van der Waals surface area (Å²) < 4.78 is 11.6. The van der Waals surface area contributed by atoms with Crippen LogP contribution in [-0.2, 0) is 6.54 Å². The number of hydrogen-bond acceptors (Lipinski definition) is 5. The molecular weight excluding hydrogens is 462 g/mol. The van der Waals surface area contributed by atoms with Gasteiger partial charge in [0.15, 0.2) is 0 Å². The third-order valence-corrected chi connectivity index (χ3v) is 7.58. The minimum absolute atomic E-state index is 0.0524. The van der Waals surface area contributed by atoms with E-state index in [1.54, 1.807) is 6.08 Å². The summed E-state index contributed by atoms with van der Waals surface area (Å²) in [5.41, 5.74) is 6.90. The fourth-order valence-corrected chi connectivity index (χ4v) is 5.65. The highest BCUT2D eigenvalue weighted by molar-refractivity contribution is 7.00. The van der Waals surface area contributed by atoms with Crippen LogP contribution in [0.3, 0.4) is 0 Å². The van der Waals surface area contributed by atoms with Gasteiger partial charge in [0.1, 0.15) is 28.7 Å². The summed E-state index contributed by atoms with van der Waals surface area (Å²) in [6, 6.07) is 23.1. The van der Waals surface area contributed by atoms with Crippen LogP contribution in [0.4, 0.5) is 0 Å². The van der Waals surface area contributed by atoms with Crippen molar-refractivity contribution in [2.24, 2.45) is 5.92 Å². The van der Waals surface area contributed by atoms with Crippen LogP contribution < -0.4 is 0 Å². The molecule has 0 radical (unpaired) electrons. The Kier molecular flexibility index (Phi) is 6.80. The van der Waals surface area contributed by atoms with E-state index in [2.05, 4.69) is 69.6 Å². The van der Waals surface area contributed by atoms with Gasteiger partial charge in [-0.3, -0.25) is 0 Å². The zero-order valence-electron chi connectivity index (χ0n) is 20.5. The first-order valence-electron chi connectivity index (χ1n) is 12.5. The van der Waals surface area contributed by atoms with Gasteiger partial charge in [-0.1, -0.05) is 75.6 Å².